The normalized spacial score (nSPS) is 12.5. The minimum absolute atomic E-state index is 0.0510. The Bertz CT molecular complexity index is 1300. The summed E-state index contributed by atoms with van der Waals surface area (Å²) in [4.78, 5) is 24.1. The van der Waals surface area contributed by atoms with Gasteiger partial charge in [0.1, 0.15) is 5.75 Å². The van der Waals surface area contributed by atoms with Crippen molar-refractivity contribution >= 4 is 11.9 Å². The SMILES string of the molecule is COc1ccc(-c2cc(C(=O)NC(Cc3ccc(-c4ccccc4)cc3)CC(O)C(=O)O)no2)cc1. The Morgan fingerprint density at radius 2 is 1.58 bits per heavy atom. The van der Waals surface area contributed by atoms with Crippen LogP contribution in [0.15, 0.2) is 89.5 Å². The van der Waals surface area contributed by atoms with Crippen LogP contribution < -0.4 is 10.1 Å². The number of carboxylic acid groups (broad SMARTS) is 1. The number of ether oxygens (including phenoxy) is 1. The van der Waals surface area contributed by atoms with E-state index in [0.717, 1.165) is 22.3 Å². The van der Waals surface area contributed by atoms with Crippen LogP contribution in [0.5, 0.6) is 5.75 Å². The Kier molecular flexibility index (Phi) is 7.77. The topological polar surface area (TPSA) is 122 Å². The fourth-order valence-electron chi connectivity index (χ4n) is 3.84. The molecule has 0 aliphatic carbocycles. The standard InChI is InChI=1S/C28H26N2O6/c1-35-23-13-11-21(12-14-23)26-17-24(30-36-26)27(32)29-22(16-25(31)28(33)34)15-18-7-9-20(10-8-18)19-5-3-2-4-6-19/h2-14,17,22,25,31H,15-16H2,1H3,(H,29,32)(H,33,34). The Hall–Kier alpha value is -4.43. The lowest BCUT2D eigenvalue weighted by Crippen LogP contribution is -2.40. The second kappa shape index (κ2) is 11.3. The van der Waals surface area contributed by atoms with Crippen LogP contribution in [0.3, 0.4) is 0 Å². The summed E-state index contributed by atoms with van der Waals surface area (Å²) in [5, 5.41) is 25.8. The number of amides is 1. The van der Waals surface area contributed by atoms with Gasteiger partial charge in [0, 0.05) is 24.1 Å². The first kappa shape index (κ1) is 24.7. The zero-order valence-corrected chi connectivity index (χ0v) is 19.6. The molecule has 8 heteroatoms. The monoisotopic (exact) mass is 486 g/mol. The van der Waals surface area contributed by atoms with Crippen molar-refractivity contribution in [2.75, 3.05) is 7.11 Å². The molecule has 1 aromatic heterocycles. The molecule has 0 aliphatic rings. The molecule has 0 saturated carbocycles. The third kappa shape index (κ3) is 6.17. The zero-order chi connectivity index (χ0) is 25.5. The van der Waals surface area contributed by atoms with Crippen molar-refractivity contribution < 1.29 is 29.1 Å². The third-order valence-electron chi connectivity index (χ3n) is 5.79. The van der Waals surface area contributed by atoms with Crippen LogP contribution in [-0.4, -0.2) is 46.5 Å². The van der Waals surface area contributed by atoms with E-state index in [9.17, 15) is 19.8 Å². The number of aromatic nitrogens is 1. The van der Waals surface area contributed by atoms with Gasteiger partial charge >= 0.3 is 5.97 Å². The average molecular weight is 487 g/mol. The number of hydrogen-bond donors (Lipinski definition) is 3. The molecular formula is C28H26N2O6. The molecule has 1 amide bonds. The highest BCUT2D eigenvalue weighted by atomic mass is 16.5. The molecule has 0 radical (unpaired) electrons. The second-order valence-corrected chi connectivity index (χ2v) is 8.33. The van der Waals surface area contributed by atoms with Gasteiger partial charge in [-0.1, -0.05) is 59.8 Å². The van der Waals surface area contributed by atoms with Crippen LogP contribution in [0.2, 0.25) is 0 Å². The van der Waals surface area contributed by atoms with Crippen molar-refractivity contribution in [1.82, 2.24) is 10.5 Å². The van der Waals surface area contributed by atoms with Gasteiger partial charge < -0.3 is 24.8 Å². The summed E-state index contributed by atoms with van der Waals surface area (Å²) in [6.45, 7) is 0. The van der Waals surface area contributed by atoms with E-state index in [0.29, 0.717) is 17.9 Å². The molecule has 3 aromatic carbocycles. The molecular weight excluding hydrogens is 460 g/mol. The number of nitrogens with zero attached hydrogens (tertiary/aromatic N) is 1. The lowest BCUT2D eigenvalue weighted by atomic mass is 9.97. The fourth-order valence-corrected chi connectivity index (χ4v) is 3.84. The molecule has 0 saturated heterocycles. The lowest BCUT2D eigenvalue weighted by Gasteiger charge is -2.20. The van der Waals surface area contributed by atoms with E-state index in [1.807, 2.05) is 54.6 Å². The minimum atomic E-state index is -1.62. The van der Waals surface area contributed by atoms with Crippen LogP contribution >= 0.6 is 0 Å². The molecule has 4 aromatic rings. The number of carboxylic acids is 1. The van der Waals surface area contributed by atoms with E-state index < -0.39 is 24.0 Å². The number of hydrogen-bond acceptors (Lipinski definition) is 6. The molecule has 0 fully saturated rings. The third-order valence-corrected chi connectivity index (χ3v) is 5.79. The van der Waals surface area contributed by atoms with Crippen LogP contribution in [0.1, 0.15) is 22.5 Å². The summed E-state index contributed by atoms with van der Waals surface area (Å²) in [6, 6.07) is 25.7. The summed E-state index contributed by atoms with van der Waals surface area (Å²) in [7, 11) is 1.57. The summed E-state index contributed by atoms with van der Waals surface area (Å²) in [5.74, 6) is -0.784. The van der Waals surface area contributed by atoms with Crippen molar-refractivity contribution in [2.45, 2.75) is 25.0 Å². The van der Waals surface area contributed by atoms with E-state index in [4.69, 9.17) is 9.26 Å². The number of nitrogens with one attached hydrogen (secondary N) is 1. The van der Waals surface area contributed by atoms with Crippen LogP contribution in [0, 0.1) is 0 Å². The number of carbonyl (C=O) groups excluding carboxylic acids is 1. The van der Waals surface area contributed by atoms with Crippen LogP contribution in [0.25, 0.3) is 22.5 Å². The van der Waals surface area contributed by atoms with E-state index in [-0.39, 0.29) is 12.1 Å². The quantitative estimate of drug-likeness (QED) is 0.307. The maximum atomic E-state index is 12.9. The van der Waals surface area contributed by atoms with Gasteiger partial charge in [-0.3, -0.25) is 4.79 Å². The van der Waals surface area contributed by atoms with Crippen molar-refractivity contribution in [3.05, 3.63) is 96.2 Å². The fraction of sp³-hybridized carbons (Fsp3) is 0.179. The maximum absolute atomic E-state index is 12.9. The molecule has 3 N–H and O–H groups in total. The molecule has 4 rings (SSSR count). The maximum Gasteiger partial charge on any atom is 0.332 e. The molecule has 0 bridgehead atoms. The number of carbonyl (C=O) groups is 2. The first-order valence-electron chi connectivity index (χ1n) is 11.4. The van der Waals surface area contributed by atoms with Gasteiger partial charge in [-0.15, -0.1) is 0 Å². The summed E-state index contributed by atoms with van der Waals surface area (Å²) < 4.78 is 10.5. The highest BCUT2D eigenvalue weighted by molar-refractivity contribution is 5.93. The van der Waals surface area contributed by atoms with Gasteiger partial charge in [0.05, 0.1) is 7.11 Å². The van der Waals surface area contributed by atoms with E-state index in [1.54, 1.807) is 31.4 Å². The Balaban J connectivity index is 1.47. The average Bonchev–Trinajstić information content (AvgIpc) is 3.40. The Morgan fingerprint density at radius 3 is 2.22 bits per heavy atom. The van der Waals surface area contributed by atoms with Crippen LogP contribution in [0.4, 0.5) is 0 Å². The minimum Gasteiger partial charge on any atom is -0.497 e. The largest absolute Gasteiger partial charge is 0.497 e. The van der Waals surface area contributed by atoms with Gasteiger partial charge in [-0.25, -0.2) is 4.79 Å². The number of aliphatic hydroxyl groups excluding tert-OH is 1. The molecule has 0 spiro atoms. The van der Waals surface area contributed by atoms with Gasteiger partial charge in [-0.05, 0) is 47.4 Å². The molecule has 2 atom stereocenters. The number of benzene rings is 3. The van der Waals surface area contributed by atoms with Crippen molar-refractivity contribution in [1.29, 1.82) is 0 Å². The lowest BCUT2D eigenvalue weighted by molar-refractivity contribution is -0.147. The Morgan fingerprint density at radius 1 is 0.944 bits per heavy atom. The highest BCUT2D eigenvalue weighted by Crippen LogP contribution is 2.24. The van der Waals surface area contributed by atoms with Gasteiger partial charge in [0.25, 0.3) is 5.91 Å². The van der Waals surface area contributed by atoms with E-state index in [2.05, 4.69) is 10.5 Å². The first-order valence-corrected chi connectivity index (χ1v) is 11.4. The summed E-state index contributed by atoms with van der Waals surface area (Å²) in [6.07, 6.45) is -1.45. The van der Waals surface area contributed by atoms with Gasteiger partial charge in [0.2, 0.25) is 0 Å². The number of rotatable bonds is 10. The van der Waals surface area contributed by atoms with E-state index >= 15 is 0 Å². The second-order valence-electron chi connectivity index (χ2n) is 8.33. The number of methoxy groups -OCH3 is 1. The molecule has 8 nitrogen and oxygen atoms in total. The highest BCUT2D eigenvalue weighted by Gasteiger charge is 2.24. The summed E-state index contributed by atoms with van der Waals surface area (Å²) in [5.41, 5.74) is 3.78. The van der Waals surface area contributed by atoms with Gasteiger partial charge in [-0.2, -0.15) is 0 Å². The van der Waals surface area contributed by atoms with Crippen molar-refractivity contribution in [3.63, 3.8) is 0 Å². The number of aliphatic carboxylic acids is 1. The van der Waals surface area contributed by atoms with Crippen molar-refractivity contribution in [3.8, 4) is 28.2 Å². The first-order chi connectivity index (χ1) is 17.4. The van der Waals surface area contributed by atoms with Gasteiger partial charge in [0.15, 0.2) is 17.6 Å². The predicted molar refractivity (Wildman–Crippen MR) is 134 cm³/mol. The molecule has 184 valence electrons. The summed E-state index contributed by atoms with van der Waals surface area (Å²) >= 11 is 0. The molecule has 1 heterocycles. The number of aliphatic hydroxyl groups is 1. The Labute approximate surface area is 208 Å². The zero-order valence-electron chi connectivity index (χ0n) is 19.6. The smallest absolute Gasteiger partial charge is 0.332 e. The predicted octanol–water partition coefficient (Wildman–Crippen LogP) is 4.19. The molecule has 2 unspecified atom stereocenters. The van der Waals surface area contributed by atoms with Crippen molar-refractivity contribution in [2.24, 2.45) is 0 Å². The molecule has 0 aliphatic heterocycles. The van der Waals surface area contributed by atoms with Crippen LogP contribution in [-0.2, 0) is 11.2 Å². The van der Waals surface area contributed by atoms with E-state index in [1.165, 1.54) is 6.07 Å². The molecule has 36 heavy (non-hydrogen) atoms.